The maximum atomic E-state index is 14.9. The van der Waals surface area contributed by atoms with E-state index < -0.39 is 23.4 Å². The molecular weight excluding hydrogens is 550 g/mol. The van der Waals surface area contributed by atoms with Crippen molar-refractivity contribution in [3.8, 4) is 11.5 Å². The predicted molar refractivity (Wildman–Crippen MR) is 161 cm³/mol. The lowest BCUT2D eigenvalue weighted by Gasteiger charge is -2.37. The highest BCUT2D eigenvalue weighted by atomic mass is 35.5. The summed E-state index contributed by atoms with van der Waals surface area (Å²) in [5, 5.41) is 0.296. The Morgan fingerprint density at radius 3 is 2.19 bits per heavy atom. The Kier molecular flexibility index (Phi) is 6.06. The number of carbonyl (C=O) groups excluding carboxylic acids is 3. The number of anilines is 1. The topological polar surface area (TPSA) is 72.9 Å². The van der Waals surface area contributed by atoms with Gasteiger partial charge >= 0.3 is 0 Å². The van der Waals surface area contributed by atoms with Gasteiger partial charge in [0, 0.05) is 33.9 Å². The van der Waals surface area contributed by atoms with Crippen LogP contribution in [0.5, 0.6) is 11.5 Å². The molecule has 42 heavy (non-hydrogen) atoms. The lowest BCUT2D eigenvalue weighted by atomic mass is 9.64. The smallest absolute Gasteiger partial charge is 0.187 e. The van der Waals surface area contributed by atoms with Gasteiger partial charge in [-0.25, -0.2) is 0 Å². The van der Waals surface area contributed by atoms with Gasteiger partial charge in [-0.1, -0.05) is 78.4 Å². The molecule has 4 aromatic rings. The van der Waals surface area contributed by atoms with Crippen molar-refractivity contribution in [2.45, 2.75) is 18.0 Å². The van der Waals surface area contributed by atoms with E-state index in [0.29, 0.717) is 38.8 Å². The zero-order chi connectivity index (χ0) is 29.2. The molecule has 0 N–H and O–H groups in total. The van der Waals surface area contributed by atoms with E-state index >= 15 is 0 Å². The van der Waals surface area contributed by atoms with Crippen LogP contribution in [-0.2, 0) is 0 Å². The summed E-state index contributed by atoms with van der Waals surface area (Å²) in [7, 11) is 3.08. The van der Waals surface area contributed by atoms with Gasteiger partial charge in [-0.3, -0.25) is 14.4 Å². The third-order valence-electron chi connectivity index (χ3n) is 8.89. The monoisotopic (exact) mass is 575 g/mol. The van der Waals surface area contributed by atoms with Crippen LogP contribution < -0.4 is 14.4 Å². The average molecular weight is 576 g/mol. The summed E-state index contributed by atoms with van der Waals surface area (Å²) >= 11 is 6.62. The largest absolute Gasteiger partial charge is 0.497 e. The predicted octanol–water partition coefficient (Wildman–Crippen LogP) is 6.67. The summed E-state index contributed by atoms with van der Waals surface area (Å²) in [6, 6.07) is 25.0. The number of methoxy groups -OCH3 is 2. The first-order chi connectivity index (χ1) is 20.4. The van der Waals surface area contributed by atoms with Gasteiger partial charge in [0.2, 0.25) is 0 Å². The number of benzene rings is 4. The number of carbonyl (C=O) groups is 3. The summed E-state index contributed by atoms with van der Waals surface area (Å²) in [6.45, 7) is 0. The highest BCUT2D eigenvalue weighted by molar-refractivity contribution is 6.35. The highest BCUT2D eigenvalue weighted by Crippen LogP contribution is 2.62. The van der Waals surface area contributed by atoms with Crippen LogP contribution in [0.25, 0.3) is 6.08 Å². The summed E-state index contributed by atoms with van der Waals surface area (Å²) in [5.41, 5.74) is 1.55. The third-order valence-corrected chi connectivity index (χ3v) is 9.22. The lowest BCUT2D eigenvalue weighted by molar-refractivity contribution is 0.0664. The average Bonchev–Trinajstić information content (AvgIpc) is 3.46. The van der Waals surface area contributed by atoms with Crippen molar-refractivity contribution in [1.29, 1.82) is 0 Å². The van der Waals surface area contributed by atoms with Crippen LogP contribution in [0.3, 0.4) is 0 Å². The van der Waals surface area contributed by atoms with Gasteiger partial charge in [-0.2, -0.15) is 0 Å². The summed E-state index contributed by atoms with van der Waals surface area (Å²) < 4.78 is 11.4. The molecule has 1 saturated heterocycles. The van der Waals surface area contributed by atoms with E-state index in [1.165, 1.54) is 7.11 Å². The normalized spacial score (nSPS) is 21.2. The number of hydrogen-bond donors (Lipinski definition) is 0. The maximum absolute atomic E-state index is 14.9. The molecule has 4 aromatic carbocycles. The van der Waals surface area contributed by atoms with Crippen LogP contribution in [-0.4, -0.2) is 43.7 Å². The lowest BCUT2D eigenvalue weighted by Crippen LogP contribution is -2.48. The second-order valence-corrected chi connectivity index (χ2v) is 11.1. The number of ether oxygens (including phenoxy) is 2. The number of halogens is 1. The molecule has 3 aliphatic rings. The summed E-state index contributed by atoms with van der Waals surface area (Å²) in [5.74, 6) is -0.900. The molecule has 208 valence electrons. The molecule has 6 nitrogen and oxygen atoms in total. The Hall–Kier alpha value is -4.68. The fourth-order valence-electron chi connectivity index (χ4n) is 7.16. The fourth-order valence-corrected chi connectivity index (χ4v) is 7.39. The van der Waals surface area contributed by atoms with Crippen LogP contribution in [0.1, 0.15) is 48.1 Å². The Labute approximate surface area is 248 Å². The number of fused-ring (bicyclic) bond motifs is 5. The van der Waals surface area contributed by atoms with Crippen molar-refractivity contribution >= 4 is 40.7 Å². The Bertz CT molecular complexity index is 1790. The zero-order valence-electron chi connectivity index (χ0n) is 22.9. The van der Waals surface area contributed by atoms with E-state index in [-0.39, 0.29) is 17.3 Å². The molecule has 7 heteroatoms. The van der Waals surface area contributed by atoms with Gasteiger partial charge in [0.05, 0.1) is 25.3 Å². The van der Waals surface area contributed by atoms with Gasteiger partial charge in [-0.05, 0) is 42.0 Å². The molecule has 7 rings (SSSR count). The third kappa shape index (κ3) is 3.42. The maximum Gasteiger partial charge on any atom is 0.187 e. The van der Waals surface area contributed by atoms with Crippen LogP contribution >= 0.6 is 11.6 Å². The van der Waals surface area contributed by atoms with Gasteiger partial charge in [0.1, 0.15) is 23.0 Å². The molecule has 0 unspecified atom stereocenters. The fraction of sp³-hybridized carbons (Fsp3) is 0.171. The van der Waals surface area contributed by atoms with E-state index in [1.807, 2.05) is 41.3 Å². The van der Waals surface area contributed by atoms with E-state index in [0.717, 1.165) is 11.3 Å². The number of rotatable bonds is 5. The highest BCUT2D eigenvalue weighted by Gasteiger charge is 2.72. The van der Waals surface area contributed by atoms with Crippen molar-refractivity contribution in [3.05, 3.63) is 130 Å². The number of hydrogen-bond acceptors (Lipinski definition) is 6. The van der Waals surface area contributed by atoms with Gasteiger partial charge < -0.3 is 14.4 Å². The van der Waals surface area contributed by atoms with Gasteiger partial charge in [-0.15, -0.1) is 0 Å². The molecule has 1 aliphatic carbocycles. The second-order valence-electron chi connectivity index (χ2n) is 10.7. The van der Waals surface area contributed by atoms with Crippen molar-refractivity contribution < 1.29 is 23.9 Å². The Morgan fingerprint density at radius 1 is 0.833 bits per heavy atom. The Balaban J connectivity index is 1.60. The summed E-state index contributed by atoms with van der Waals surface area (Å²) in [6.07, 6.45) is 3.83. The molecular formula is C35H26ClNO5. The number of ketones is 3. The van der Waals surface area contributed by atoms with Gasteiger partial charge in [0.15, 0.2) is 17.3 Å². The van der Waals surface area contributed by atoms with E-state index in [2.05, 4.69) is 0 Å². The van der Waals surface area contributed by atoms with E-state index in [4.69, 9.17) is 21.1 Å². The standard InChI is InChI=1S/C35H26ClNO5/c1-41-21-16-17-28(42-2)25(19-21)30-31(32(38)24-12-6-7-13-26(24)36)37-27-14-8-3-9-20(27)15-18-29(37)35(30)33(39)22-10-4-5-11-23(22)34(35)40/h3-19,29-31H,1-2H3/t29-,30+,31-/m1/s1. The van der Waals surface area contributed by atoms with Crippen molar-refractivity contribution in [3.63, 3.8) is 0 Å². The van der Waals surface area contributed by atoms with Crippen molar-refractivity contribution in [1.82, 2.24) is 0 Å². The van der Waals surface area contributed by atoms with Crippen LogP contribution in [0.4, 0.5) is 5.69 Å². The number of nitrogens with zero attached hydrogens (tertiary/aromatic N) is 1. The molecule has 0 bridgehead atoms. The molecule has 0 aromatic heterocycles. The first-order valence-corrected chi connectivity index (χ1v) is 14.1. The molecule has 2 heterocycles. The second kappa shape index (κ2) is 9.71. The summed E-state index contributed by atoms with van der Waals surface area (Å²) in [4.78, 5) is 46.4. The van der Waals surface area contributed by atoms with Crippen molar-refractivity contribution in [2.24, 2.45) is 5.41 Å². The number of para-hydroxylation sites is 1. The minimum absolute atomic E-state index is 0.293. The first-order valence-electron chi connectivity index (χ1n) is 13.7. The quantitative estimate of drug-likeness (QED) is 0.195. The minimum Gasteiger partial charge on any atom is -0.497 e. The first kappa shape index (κ1) is 26.2. The molecule has 0 amide bonds. The number of Topliss-reactive ketones (excluding diaryl/α,β-unsaturated/α-hetero) is 3. The molecule has 2 aliphatic heterocycles. The SMILES string of the molecule is COc1ccc(OC)c([C@H]2[C@H](C(=O)c3ccccc3Cl)N3c4ccccc4C=C[C@@H]3C23C(=O)c2ccccc2C3=O)c1. The van der Waals surface area contributed by atoms with Gasteiger partial charge in [0.25, 0.3) is 0 Å². The van der Waals surface area contributed by atoms with E-state index in [1.54, 1.807) is 73.8 Å². The Morgan fingerprint density at radius 2 is 1.50 bits per heavy atom. The van der Waals surface area contributed by atoms with Crippen LogP contribution in [0.15, 0.2) is 97.1 Å². The zero-order valence-corrected chi connectivity index (χ0v) is 23.7. The minimum atomic E-state index is -1.66. The van der Waals surface area contributed by atoms with Crippen molar-refractivity contribution in [2.75, 3.05) is 19.1 Å². The molecule has 0 saturated carbocycles. The molecule has 1 spiro atoms. The molecule has 1 fully saturated rings. The van der Waals surface area contributed by atoms with Crippen LogP contribution in [0.2, 0.25) is 5.02 Å². The van der Waals surface area contributed by atoms with E-state index in [9.17, 15) is 14.4 Å². The van der Waals surface area contributed by atoms with Crippen LogP contribution in [0, 0.1) is 5.41 Å². The molecule has 3 atom stereocenters. The molecule has 0 radical (unpaired) electrons.